The normalized spacial score (nSPS) is 11.1. The molecule has 0 atom stereocenters. The van der Waals surface area contributed by atoms with Gasteiger partial charge in [-0.2, -0.15) is 0 Å². The zero-order valence-corrected chi connectivity index (χ0v) is 17.1. The fraction of sp³-hybridized carbons (Fsp3) is 0.364. The van der Waals surface area contributed by atoms with Crippen LogP contribution in [0.1, 0.15) is 30.5 Å². The molecule has 2 aromatic carbocycles. The Morgan fingerprint density at radius 3 is 2.68 bits per heavy atom. The summed E-state index contributed by atoms with van der Waals surface area (Å²) in [6.45, 7) is 7.68. The Morgan fingerprint density at radius 2 is 1.96 bits per heavy atom. The number of nitrogens with zero attached hydrogens (tertiary/aromatic N) is 1. The van der Waals surface area contributed by atoms with Gasteiger partial charge in [0, 0.05) is 25.7 Å². The molecule has 0 fully saturated rings. The van der Waals surface area contributed by atoms with Gasteiger partial charge in [0.25, 0.3) is 0 Å². The van der Waals surface area contributed by atoms with Gasteiger partial charge >= 0.3 is 0 Å². The molecule has 1 amide bonds. The second kappa shape index (κ2) is 11.0. The van der Waals surface area contributed by atoms with Crippen molar-refractivity contribution in [3.63, 3.8) is 0 Å². The van der Waals surface area contributed by atoms with Crippen LogP contribution in [0.25, 0.3) is 0 Å². The van der Waals surface area contributed by atoms with Gasteiger partial charge in [0.1, 0.15) is 5.75 Å². The molecule has 0 unspecified atom stereocenters. The smallest absolute Gasteiger partial charge is 0.221 e. The summed E-state index contributed by atoms with van der Waals surface area (Å²) < 4.78 is 5.45. The van der Waals surface area contributed by atoms with Gasteiger partial charge in [0.05, 0.1) is 13.7 Å². The van der Waals surface area contributed by atoms with E-state index in [1.165, 1.54) is 18.1 Å². The maximum Gasteiger partial charge on any atom is 0.221 e. The number of rotatable bonds is 8. The molecular weight excluding hydrogens is 352 g/mol. The van der Waals surface area contributed by atoms with Gasteiger partial charge < -0.3 is 20.7 Å². The number of guanidine groups is 1. The van der Waals surface area contributed by atoms with Gasteiger partial charge in [-0.1, -0.05) is 29.8 Å². The van der Waals surface area contributed by atoms with E-state index >= 15 is 0 Å². The average Bonchev–Trinajstić information content (AvgIpc) is 2.66. The monoisotopic (exact) mass is 382 g/mol. The molecular formula is C22H30N4O2. The molecule has 6 heteroatoms. The number of nitrogens with one attached hydrogen (secondary N) is 3. The van der Waals surface area contributed by atoms with Crippen LogP contribution in [0.5, 0.6) is 5.75 Å². The highest BCUT2D eigenvalue weighted by Gasteiger charge is 2.04. The summed E-state index contributed by atoms with van der Waals surface area (Å²) in [7, 11) is 1.70. The van der Waals surface area contributed by atoms with Crippen molar-refractivity contribution in [3.05, 3.63) is 59.2 Å². The largest absolute Gasteiger partial charge is 0.496 e. The van der Waals surface area contributed by atoms with Crippen molar-refractivity contribution in [3.8, 4) is 5.75 Å². The Hall–Kier alpha value is -3.02. The summed E-state index contributed by atoms with van der Waals surface area (Å²) in [5, 5.41) is 9.43. The maximum absolute atomic E-state index is 11.2. The SMILES string of the molecule is CCNC(=NCc1cccc(NC(C)=O)c1)NCCc1cc(C)ccc1OC. The Morgan fingerprint density at radius 1 is 1.14 bits per heavy atom. The summed E-state index contributed by atoms with van der Waals surface area (Å²) >= 11 is 0. The fourth-order valence-corrected chi connectivity index (χ4v) is 2.88. The topological polar surface area (TPSA) is 74.8 Å². The van der Waals surface area contributed by atoms with Gasteiger partial charge in [-0.15, -0.1) is 0 Å². The van der Waals surface area contributed by atoms with Gasteiger partial charge in [-0.3, -0.25) is 4.79 Å². The third-order valence-electron chi connectivity index (χ3n) is 4.13. The maximum atomic E-state index is 11.2. The molecule has 0 saturated heterocycles. The molecule has 150 valence electrons. The summed E-state index contributed by atoms with van der Waals surface area (Å²) in [5.74, 6) is 1.59. The molecule has 2 aromatic rings. The first kappa shape index (κ1) is 21.3. The molecule has 0 aromatic heterocycles. The summed E-state index contributed by atoms with van der Waals surface area (Å²) in [6.07, 6.45) is 0.841. The van der Waals surface area contributed by atoms with Crippen molar-refractivity contribution in [1.29, 1.82) is 0 Å². The molecule has 0 aliphatic heterocycles. The van der Waals surface area contributed by atoms with E-state index < -0.39 is 0 Å². The predicted octanol–water partition coefficient (Wildman–Crippen LogP) is 3.26. The van der Waals surface area contributed by atoms with E-state index in [0.29, 0.717) is 6.54 Å². The van der Waals surface area contributed by atoms with E-state index in [2.05, 4.69) is 40.0 Å². The molecule has 6 nitrogen and oxygen atoms in total. The lowest BCUT2D eigenvalue weighted by molar-refractivity contribution is -0.114. The van der Waals surface area contributed by atoms with Crippen molar-refractivity contribution in [1.82, 2.24) is 10.6 Å². The number of methoxy groups -OCH3 is 1. The lowest BCUT2D eigenvalue weighted by Gasteiger charge is -2.13. The number of ether oxygens (including phenoxy) is 1. The second-order valence-corrected chi connectivity index (χ2v) is 6.57. The van der Waals surface area contributed by atoms with Gasteiger partial charge in [-0.25, -0.2) is 4.99 Å². The number of aryl methyl sites for hydroxylation is 1. The summed E-state index contributed by atoms with van der Waals surface area (Å²) in [4.78, 5) is 15.9. The first-order chi connectivity index (χ1) is 13.5. The lowest BCUT2D eigenvalue weighted by atomic mass is 10.1. The Labute approximate surface area is 167 Å². The van der Waals surface area contributed by atoms with E-state index in [1.807, 2.05) is 37.3 Å². The quantitative estimate of drug-likeness (QED) is 0.484. The van der Waals surface area contributed by atoms with Crippen molar-refractivity contribution in [2.45, 2.75) is 33.7 Å². The standard InChI is InChI=1S/C22H30N4O2/c1-5-23-22(24-12-11-19-13-16(2)9-10-21(19)28-4)25-15-18-7-6-8-20(14-18)26-17(3)27/h6-10,13-14H,5,11-12,15H2,1-4H3,(H,26,27)(H2,23,24,25). The van der Waals surface area contributed by atoms with Gasteiger partial charge in [0.15, 0.2) is 5.96 Å². The van der Waals surface area contributed by atoms with E-state index in [1.54, 1.807) is 7.11 Å². The highest BCUT2D eigenvalue weighted by atomic mass is 16.5. The third kappa shape index (κ3) is 6.95. The van der Waals surface area contributed by atoms with Crippen LogP contribution in [0.15, 0.2) is 47.5 Å². The highest BCUT2D eigenvalue weighted by Crippen LogP contribution is 2.19. The third-order valence-corrected chi connectivity index (χ3v) is 4.13. The second-order valence-electron chi connectivity index (χ2n) is 6.57. The Kier molecular flexibility index (Phi) is 8.34. The van der Waals surface area contributed by atoms with Crippen LogP contribution < -0.4 is 20.7 Å². The van der Waals surface area contributed by atoms with Crippen LogP contribution in [-0.2, 0) is 17.8 Å². The lowest BCUT2D eigenvalue weighted by Crippen LogP contribution is -2.38. The summed E-state index contributed by atoms with van der Waals surface area (Å²) in [6, 6.07) is 13.9. The first-order valence-electron chi connectivity index (χ1n) is 9.54. The number of hydrogen-bond donors (Lipinski definition) is 3. The Bertz CT molecular complexity index is 818. The number of benzene rings is 2. The van der Waals surface area contributed by atoms with Crippen LogP contribution in [0, 0.1) is 6.92 Å². The minimum Gasteiger partial charge on any atom is -0.496 e. The van der Waals surface area contributed by atoms with Crippen LogP contribution in [-0.4, -0.2) is 32.1 Å². The number of hydrogen-bond acceptors (Lipinski definition) is 3. The number of carbonyl (C=O) groups excluding carboxylic acids is 1. The molecule has 2 rings (SSSR count). The highest BCUT2D eigenvalue weighted by molar-refractivity contribution is 5.88. The zero-order valence-electron chi connectivity index (χ0n) is 17.1. The summed E-state index contributed by atoms with van der Waals surface area (Å²) in [5.41, 5.74) is 4.21. The molecule has 0 bridgehead atoms. The number of carbonyl (C=O) groups is 1. The number of aliphatic imine (C=N–C) groups is 1. The van der Waals surface area contributed by atoms with Crippen LogP contribution in [0.3, 0.4) is 0 Å². The van der Waals surface area contributed by atoms with E-state index in [9.17, 15) is 4.79 Å². The van der Waals surface area contributed by atoms with E-state index in [4.69, 9.17) is 4.74 Å². The minimum absolute atomic E-state index is 0.0813. The molecule has 3 N–H and O–H groups in total. The fourth-order valence-electron chi connectivity index (χ4n) is 2.88. The molecule has 28 heavy (non-hydrogen) atoms. The number of anilines is 1. The van der Waals surface area contributed by atoms with Crippen molar-refractivity contribution in [2.75, 3.05) is 25.5 Å². The van der Waals surface area contributed by atoms with Gasteiger partial charge in [0.2, 0.25) is 5.91 Å². The van der Waals surface area contributed by atoms with Crippen LogP contribution in [0.2, 0.25) is 0 Å². The van der Waals surface area contributed by atoms with Crippen molar-refractivity contribution in [2.24, 2.45) is 4.99 Å². The first-order valence-corrected chi connectivity index (χ1v) is 9.54. The molecule has 0 aliphatic rings. The van der Waals surface area contributed by atoms with Gasteiger partial charge in [-0.05, 0) is 49.6 Å². The molecule has 0 spiro atoms. The van der Waals surface area contributed by atoms with Crippen LogP contribution >= 0.6 is 0 Å². The molecule has 0 heterocycles. The molecule has 0 radical (unpaired) electrons. The van der Waals surface area contributed by atoms with Crippen molar-refractivity contribution >= 4 is 17.6 Å². The minimum atomic E-state index is -0.0813. The average molecular weight is 383 g/mol. The number of amides is 1. The van der Waals surface area contributed by atoms with Crippen molar-refractivity contribution < 1.29 is 9.53 Å². The zero-order chi connectivity index (χ0) is 20.4. The van der Waals surface area contributed by atoms with E-state index in [-0.39, 0.29) is 5.91 Å². The molecule has 0 aliphatic carbocycles. The predicted molar refractivity (Wildman–Crippen MR) is 115 cm³/mol. The van der Waals surface area contributed by atoms with E-state index in [0.717, 1.165) is 42.5 Å². The Balaban J connectivity index is 1.97. The molecule has 0 saturated carbocycles. The van der Waals surface area contributed by atoms with Crippen LogP contribution in [0.4, 0.5) is 5.69 Å².